The number of anilines is 1. The van der Waals surface area contributed by atoms with Gasteiger partial charge in [0.1, 0.15) is 23.9 Å². The van der Waals surface area contributed by atoms with Crippen LogP contribution >= 0.6 is 11.6 Å². The molecule has 2 aliphatic carbocycles. The van der Waals surface area contributed by atoms with Crippen molar-refractivity contribution in [3.05, 3.63) is 64.3 Å². The van der Waals surface area contributed by atoms with E-state index in [1.807, 2.05) is 0 Å². The highest BCUT2D eigenvalue weighted by Gasteiger charge is 2.68. The van der Waals surface area contributed by atoms with Crippen LogP contribution in [0.25, 0.3) is 0 Å². The molecule has 2 aliphatic heterocycles. The molecule has 3 heterocycles. The Bertz CT molecular complexity index is 1420. The van der Waals surface area contributed by atoms with E-state index in [0.29, 0.717) is 11.3 Å². The van der Waals surface area contributed by atoms with Crippen LogP contribution in [0.1, 0.15) is 37.2 Å². The molecule has 4 aliphatic rings. The number of imide groups is 2. The third-order valence-corrected chi connectivity index (χ3v) is 8.83. The lowest BCUT2D eigenvalue weighted by atomic mass is 9.52. The molecule has 0 spiro atoms. The van der Waals surface area contributed by atoms with Gasteiger partial charge in [-0.05, 0) is 56.0 Å². The molecule has 11 heteroatoms. The van der Waals surface area contributed by atoms with E-state index in [-0.39, 0.29) is 41.0 Å². The molecule has 6 atom stereocenters. The minimum Gasteiger partial charge on any atom is -0.463 e. The first-order valence-corrected chi connectivity index (χ1v) is 12.3. The van der Waals surface area contributed by atoms with Crippen molar-refractivity contribution in [3.63, 3.8) is 0 Å². The molecule has 9 nitrogen and oxygen atoms in total. The number of amides is 4. The number of hydrogen-bond donors (Lipinski definition) is 2. The van der Waals surface area contributed by atoms with E-state index in [1.54, 1.807) is 25.1 Å². The Morgan fingerprint density at radius 3 is 2.54 bits per heavy atom. The zero-order valence-corrected chi connectivity index (χ0v) is 20.3. The number of hydroxylamine groups is 2. The van der Waals surface area contributed by atoms with E-state index < -0.39 is 64.5 Å². The van der Waals surface area contributed by atoms with Crippen molar-refractivity contribution in [3.8, 4) is 0 Å². The topological polar surface area (TPSA) is 128 Å². The van der Waals surface area contributed by atoms with Gasteiger partial charge in [0.2, 0.25) is 11.8 Å². The Balaban J connectivity index is 1.52. The summed E-state index contributed by atoms with van der Waals surface area (Å²) in [6.07, 6.45) is 2.08. The SMILES string of the molecule is C[C@@]12C(=O)N(c3ccc(F)c(Cl)c3)C(=O)[C@@H]1C[C@@H]1C(=CC[C@@H]3C(=O)N(O)C(=O)[C@@H]31)[C@@H]2c1ccc(CO)o1. The third-order valence-electron chi connectivity index (χ3n) is 8.54. The average Bonchev–Trinajstić information content (AvgIpc) is 3.49. The molecule has 37 heavy (non-hydrogen) atoms. The van der Waals surface area contributed by atoms with E-state index >= 15 is 0 Å². The molecule has 6 rings (SSSR count). The van der Waals surface area contributed by atoms with Crippen molar-refractivity contribution in [2.75, 3.05) is 4.90 Å². The second-order valence-corrected chi connectivity index (χ2v) is 10.6. The van der Waals surface area contributed by atoms with E-state index in [4.69, 9.17) is 16.0 Å². The monoisotopic (exact) mass is 528 g/mol. The van der Waals surface area contributed by atoms with Crippen LogP contribution in [0.4, 0.5) is 10.1 Å². The molecular formula is C26H22ClFN2O7. The number of benzene rings is 1. The van der Waals surface area contributed by atoms with Crippen molar-refractivity contribution >= 4 is 40.9 Å². The Hall–Kier alpha value is -3.34. The standard InChI is InChI=1S/C26H22ClFN2O7/c1-26-16(23(33)29(25(26)35)11-2-6-18(28)17(27)8-11)9-15-13(21(26)19-7-3-12(10-31)37-19)4-5-14-20(15)24(34)30(36)22(14)32/h2-4,6-8,14-16,20-21,31,36H,5,9-10H2,1H3/t14-,15+,16-,20-,21+,26+/m0/s1. The van der Waals surface area contributed by atoms with Gasteiger partial charge in [0, 0.05) is 0 Å². The number of fused-ring (bicyclic) bond motifs is 4. The molecule has 2 aromatic rings. The fourth-order valence-corrected chi connectivity index (χ4v) is 6.98. The number of rotatable bonds is 3. The number of nitrogens with zero attached hydrogens (tertiary/aromatic N) is 2. The summed E-state index contributed by atoms with van der Waals surface area (Å²) < 4.78 is 19.7. The molecular weight excluding hydrogens is 507 g/mol. The maximum absolute atomic E-state index is 14.1. The van der Waals surface area contributed by atoms with Crippen molar-refractivity contribution in [1.29, 1.82) is 0 Å². The highest BCUT2D eigenvalue weighted by Crippen LogP contribution is 2.63. The molecule has 2 N–H and O–H groups in total. The largest absolute Gasteiger partial charge is 0.463 e. The summed E-state index contributed by atoms with van der Waals surface area (Å²) in [5.41, 5.74) is -0.549. The summed E-state index contributed by atoms with van der Waals surface area (Å²) in [7, 11) is 0. The summed E-state index contributed by atoms with van der Waals surface area (Å²) in [5, 5.41) is 19.6. The summed E-state index contributed by atoms with van der Waals surface area (Å²) >= 11 is 5.95. The Labute approximate surface area is 215 Å². The van der Waals surface area contributed by atoms with Crippen molar-refractivity contribution in [2.45, 2.75) is 32.3 Å². The van der Waals surface area contributed by atoms with Gasteiger partial charge in [-0.2, -0.15) is 5.06 Å². The fraction of sp³-hybridized carbons (Fsp3) is 0.385. The highest BCUT2D eigenvalue weighted by atomic mass is 35.5. The first kappa shape index (κ1) is 24.0. The van der Waals surface area contributed by atoms with Gasteiger partial charge in [-0.1, -0.05) is 23.3 Å². The van der Waals surface area contributed by atoms with E-state index in [9.17, 15) is 33.9 Å². The minimum absolute atomic E-state index is 0.0937. The number of carbonyl (C=O) groups excluding carboxylic acids is 4. The molecule has 1 aromatic carbocycles. The van der Waals surface area contributed by atoms with Crippen LogP contribution in [0, 0.1) is 34.9 Å². The first-order chi connectivity index (χ1) is 17.6. The Morgan fingerprint density at radius 2 is 1.86 bits per heavy atom. The normalized spacial score (nSPS) is 33.0. The third kappa shape index (κ3) is 3.09. The van der Waals surface area contributed by atoms with Crippen molar-refractivity contribution < 1.29 is 38.3 Å². The van der Waals surface area contributed by atoms with Crippen molar-refractivity contribution in [2.24, 2.45) is 29.1 Å². The highest BCUT2D eigenvalue weighted by molar-refractivity contribution is 6.31. The van der Waals surface area contributed by atoms with Gasteiger partial charge < -0.3 is 9.52 Å². The van der Waals surface area contributed by atoms with E-state index in [1.165, 1.54) is 12.1 Å². The number of hydrogen-bond acceptors (Lipinski definition) is 7. The van der Waals surface area contributed by atoms with Gasteiger partial charge in [0.05, 0.1) is 39.8 Å². The number of allylic oxidation sites excluding steroid dienone is 2. The lowest BCUT2D eigenvalue weighted by Crippen LogP contribution is -2.48. The molecule has 3 fully saturated rings. The maximum Gasteiger partial charge on any atom is 0.257 e. The van der Waals surface area contributed by atoms with Crippen LogP contribution in [0.15, 0.2) is 46.4 Å². The maximum atomic E-state index is 14.1. The quantitative estimate of drug-likeness (QED) is 0.355. The molecule has 0 unspecified atom stereocenters. The Kier molecular flexibility index (Phi) is 5.24. The van der Waals surface area contributed by atoms with E-state index in [0.717, 1.165) is 11.0 Å². The van der Waals surface area contributed by atoms with Crippen LogP contribution in [0.2, 0.25) is 5.02 Å². The summed E-state index contributed by atoms with van der Waals surface area (Å²) in [6, 6.07) is 6.79. The van der Waals surface area contributed by atoms with Crippen LogP contribution in [-0.4, -0.2) is 39.0 Å². The molecule has 1 saturated carbocycles. The zero-order chi connectivity index (χ0) is 26.4. The van der Waals surface area contributed by atoms with Gasteiger partial charge in [0.25, 0.3) is 11.8 Å². The van der Waals surface area contributed by atoms with Crippen LogP contribution in [0.5, 0.6) is 0 Å². The number of aliphatic hydroxyl groups excluding tert-OH is 1. The van der Waals surface area contributed by atoms with Gasteiger partial charge in [-0.3, -0.25) is 24.4 Å². The minimum atomic E-state index is -1.34. The predicted molar refractivity (Wildman–Crippen MR) is 124 cm³/mol. The predicted octanol–water partition coefficient (Wildman–Crippen LogP) is 3.18. The summed E-state index contributed by atoms with van der Waals surface area (Å²) in [6.45, 7) is 1.29. The molecule has 0 bridgehead atoms. The van der Waals surface area contributed by atoms with Crippen LogP contribution in [-0.2, 0) is 25.8 Å². The smallest absolute Gasteiger partial charge is 0.257 e. The molecule has 0 radical (unpaired) electrons. The fourth-order valence-electron chi connectivity index (χ4n) is 6.80. The van der Waals surface area contributed by atoms with Crippen LogP contribution in [0.3, 0.4) is 0 Å². The summed E-state index contributed by atoms with van der Waals surface area (Å²) in [4.78, 5) is 54.4. The van der Waals surface area contributed by atoms with E-state index in [2.05, 4.69) is 0 Å². The number of carbonyl (C=O) groups is 4. The lowest BCUT2D eigenvalue weighted by Gasteiger charge is -2.47. The zero-order valence-electron chi connectivity index (χ0n) is 19.6. The second-order valence-electron chi connectivity index (χ2n) is 10.2. The first-order valence-electron chi connectivity index (χ1n) is 11.9. The molecule has 2 saturated heterocycles. The van der Waals surface area contributed by atoms with Gasteiger partial charge >= 0.3 is 0 Å². The lowest BCUT2D eigenvalue weighted by molar-refractivity contribution is -0.173. The number of halogens is 2. The number of furan rings is 1. The molecule has 4 amide bonds. The molecule has 192 valence electrons. The van der Waals surface area contributed by atoms with Crippen molar-refractivity contribution in [1.82, 2.24) is 5.06 Å². The summed E-state index contributed by atoms with van der Waals surface area (Å²) in [5.74, 6) is -6.53. The average molecular weight is 529 g/mol. The van der Waals surface area contributed by atoms with Crippen LogP contribution < -0.4 is 4.90 Å². The van der Waals surface area contributed by atoms with Gasteiger partial charge in [-0.15, -0.1) is 0 Å². The van der Waals surface area contributed by atoms with Gasteiger partial charge in [0.15, 0.2) is 0 Å². The molecule has 1 aromatic heterocycles. The number of aliphatic hydroxyl groups is 1. The Morgan fingerprint density at radius 1 is 1.11 bits per heavy atom. The second kappa shape index (κ2) is 8.08. The van der Waals surface area contributed by atoms with Gasteiger partial charge in [-0.25, -0.2) is 9.29 Å².